The average molecular weight is 731 g/mol. The topological polar surface area (TPSA) is 69.9 Å². The van der Waals surface area contributed by atoms with Gasteiger partial charge in [-0.25, -0.2) is 4.98 Å². The van der Waals surface area contributed by atoms with Gasteiger partial charge in [0.1, 0.15) is 22.3 Å². The highest BCUT2D eigenvalue weighted by Crippen LogP contribution is 2.42. The second-order valence-corrected chi connectivity index (χ2v) is 14.4. The van der Waals surface area contributed by atoms with Crippen molar-refractivity contribution in [3.63, 3.8) is 0 Å². The van der Waals surface area contributed by atoms with Crippen LogP contribution in [0.3, 0.4) is 0 Å². The third-order valence-electron chi connectivity index (χ3n) is 11.1. The van der Waals surface area contributed by atoms with E-state index in [0.717, 1.165) is 99.1 Å². The van der Waals surface area contributed by atoms with Crippen molar-refractivity contribution in [3.05, 3.63) is 182 Å². The number of aromatic nitrogens is 4. The molecule has 57 heavy (non-hydrogen) atoms. The summed E-state index contributed by atoms with van der Waals surface area (Å²) < 4.78 is 14.8. The van der Waals surface area contributed by atoms with Gasteiger partial charge in [-0.3, -0.25) is 4.57 Å². The Balaban J connectivity index is 1.12. The first-order valence-electron chi connectivity index (χ1n) is 19.0. The number of hydrogen-bond donors (Lipinski definition) is 0. The second kappa shape index (κ2) is 12.3. The Morgan fingerprint density at radius 1 is 0.351 bits per heavy atom. The van der Waals surface area contributed by atoms with Gasteiger partial charge in [0.2, 0.25) is 5.95 Å². The molecule has 6 nitrogen and oxygen atoms in total. The summed E-state index contributed by atoms with van der Waals surface area (Å²) in [6.07, 6.45) is 0. The Labute approximate surface area is 325 Å². The van der Waals surface area contributed by atoms with Gasteiger partial charge < -0.3 is 8.83 Å². The molecule has 0 N–H and O–H groups in total. The van der Waals surface area contributed by atoms with E-state index < -0.39 is 0 Å². The van der Waals surface area contributed by atoms with Crippen LogP contribution in [0.1, 0.15) is 0 Å². The van der Waals surface area contributed by atoms with Gasteiger partial charge in [0.05, 0.1) is 11.0 Å². The van der Waals surface area contributed by atoms with E-state index in [0.29, 0.717) is 17.6 Å². The van der Waals surface area contributed by atoms with Crippen molar-refractivity contribution in [1.29, 1.82) is 0 Å². The van der Waals surface area contributed by atoms with Crippen LogP contribution in [0.25, 0.3) is 117 Å². The number of nitrogens with zero attached hydrogens (tertiary/aromatic N) is 4. The largest absolute Gasteiger partial charge is 0.456 e. The molecular weight excluding hydrogens is 701 g/mol. The Morgan fingerprint density at radius 2 is 0.930 bits per heavy atom. The quantitative estimate of drug-likeness (QED) is 0.176. The van der Waals surface area contributed by atoms with Crippen LogP contribution in [0, 0.1) is 0 Å². The van der Waals surface area contributed by atoms with E-state index in [4.69, 9.17) is 23.8 Å². The fourth-order valence-corrected chi connectivity index (χ4v) is 8.49. The van der Waals surface area contributed by atoms with Gasteiger partial charge >= 0.3 is 0 Å². The first kappa shape index (κ1) is 31.5. The zero-order valence-electron chi connectivity index (χ0n) is 30.4. The molecule has 0 saturated heterocycles. The van der Waals surface area contributed by atoms with Gasteiger partial charge in [-0.05, 0) is 65.2 Å². The lowest BCUT2D eigenvalue weighted by Crippen LogP contribution is -2.07. The Hall–Kier alpha value is -7.83. The maximum atomic E-state index is 6.45. The van der Waals surface area contributed by atoms with Gasteiger partial charge in [0.25, 0.3) is 0 Å². The normalized spacial score (nSPS) is 11.9. The second-order valence-electron chi connectivity index (χ2n) is 14.4. The Kier molecular flexibility index (Phi) is 6.83. The van der Waals surface area contributed by atoms with Crippen molar-refractivity contribution >= 4 is 65.7 Å². The zero-order valence-corrected chi connectivity index (χ0v) is 30.4. The van der Waals surface area contributed by atoms with Crippen LogP contribution < -0.4 is 0 Å². The van der Waals surface area contributed by atoms with Gasteiger partial charge in [-0.15, -0.1) is 0 Å². The van der Waals surface area contributed by atoms with Crippen molar-refractivity contribution in [3.8, 4) is 51.0 Å². The molecule has 12 rings (SSSR count). The lowest BCUT2D eigenvalue weighted by molar-refractivity contribution is 0.668. The maximum absolute atomic E-state index is 6.45. The fraction of sp³-hybridized carbons (Fsp3) is 0. The summed E-state index contributed by atoms with van der Waals surface area (Å²) >= 11 is 0. The minimum Gasteiger partial charge on any atom is -0.456 e. The van der Waals surface area contributed by atoms with E-state index in [9.17, 15) is 0 Å². The number of para-hydroxylation sites is 3. The van der Waals surface area contributed by atoms with Crippen LogP contribution in [0.4, 0.5) is 0 Å². The number of rotatable bonds is 5. The molecule has 4 heterocycles. The van der Waals surface area contributed by atoms with Crippen molar-refractivity contribution in [2.45, 2.75) is 0 Å². The number of hydrogen-bond acceptors (Lipinski definition) is 5. The third-order valence-corrected chi connectivity index (χ3v) is 11.1. The van der Waals surface area contributed by atoms with E-state index in [1.54, 1.807) is 0 Å². The van der Waals surface area contributed by atoms with Crippen LogP contribution in [0.2, 0.25) is 0 Å². The first-order chi connectivity index (χ1) is 28.2. The third kappa shape index (κ3) is 4.94. The highest BCUT2D eigenvalue weighted by molar-refractivity contribution is 6.16. The average Bonchev–Trinajstić information content (AvgIpc) is 3.96. The molecule has 12 aromatic rings. The standard InChI is InChI=1S/C51H30N4O2/c1-3-13-31(14-4-1)35-19-12-24-46-47(35)41-29-33(25-27-45(41)57-46)36-20-11-21-39-37-17-7-9-22-42(37)55(48(36)39)51-53-49(32-15-5-2-6-16-32)52-50(54-51)34-26-28-44-40(30-34)38-18-8-10-23-43(38)56-44/h1-30H. The Bertz CT molecular complexity index is 3530. The molecular formula is C51H30N4O2. The Morgan fingerprint density at radius 3 is 1.77 bits per heavy atom. The van der Waals surface area contributed by atoms with Crippen molar-refractivity contribution in [2.75, 3.05) is 0 Å². The summed E-state index contributed by atoms with van der Waals surface area (Å²) in [5.74, 6) is 1.71. The molecule has 4 aromatic heterocycles. The summed E-state index contributed by atoms with van der Waals surface area (Å²) in [6.45, 7) is 0. The molecule has 0 fully saturated rings. The highest BCUT2D eigenvalue weighted by atomic mass is 16.3. The zero-order chi connectivity index (χ0) is 37.5. The lowest BCUT2D eigenvalue weighted by atomic mass is 9.96. The summed E-state index contributed by atoms with van der Waals surface area (Å²) in [7, 11) is 0. The lowest BCUT2D eigenvalue weighted by Gasteiger charge is -2.13. The van der Waals surface area contributed by atoms with Crippen LogP contribution in [0.5, 0.6) is 0 Å². The number of fused-ring (bicyclic) bond motifs is 9. The SMILES string of the molecule is c1ccc(-c2nc(-c3ccc4oc5ccccc5c4c3)nc(-n3c4ccccc4c4cccc(-c5ccc6oc7cccc(-c8ccccc8)c7c6c5)c43)n2)cc1. The molecule has 0 radical (unpaired) electrons. The van der Waals surface area contributed by atoms with E-state index in [1.165, 1.54) is 0 Å². The molecule has 0 aliphatic rings. The molecule has 0 saturated carbocycles. The van der Waals surface area contributed by atoms with Crippen molar-refractivity contribution in [2.24, 2.45) is 0 Å². The first-order valence-corrected chi connectivity index (χ1v) is 19.0. The van der Waals surface area contributed by atoms with Crippen LogP contribution >= 0.6 is 0 Å². The molecule has 0 bridgehead atoms. The van der Waals surface area contributed by atoms with Gasteiger partial charge in [-0.2, -0.15) is 9.97 Å². The van der Waals surface area contributed by atoms with Gasteiger partial charge in [-0.1, -0.05) is 133 Å². The van der Waals surface area contributed by atoms with E-state index >= 15 is 0 Å². The van der Waals surface area contributed by atoms with Crippen molar-refractivity contribution < 1.29 is 8.83 Å². The summed E-state index contributed by atoms with van der Waals surface area (Å²) in [4.78, 5) is 15.7. The molecule has 0 unspecified atom stereocenters. The monoisotopic (exact) mass is 730 g/mol. The molecule has 0 amide bonds. The van der Waals surface area contributed by atoms with Crippen LogP contribution in [-0.2, 0) is 0 Å². The minimum absolute atomic E-state index is 0.538. The molecule has 266 valence electrons. The van der Waals surface area contributed by atoms with Crippen LogP contribution in [0.15, 0.2) is 191 Å². The molecule has 8 aromatic carbocycles. The molecule has 0 aliphatic carbocycles. The summed E-state index contributed by atoms with van der Waals surface area (Å²) in [5.41, 5.74) is 11.6. The van der Waals surface area contributed by atoms with Gasteiger partial charge in [0, 0.05) is 49.0 Å². The fourth-order valence-electron chi connectivity index (χ4n) is 8.49. The molecule has 6 heteroatoms. The summed E-state index contributed by atoms with van der Waals surface area (Å²) in [6, 6.07) is 62.7. The summed E-state index contributed by atoms with van der Waals surface area (Å²) in [5, 5.41) is 6.47. The molecule has 0 atom stereocenters. The highest BCUT2D eigenvalue weighted by Gasteiger charge is 2.22. The molecule has 0 spiro atoms. The van der Waals surface area contributed by atoms with Crippen molar-refractivity contribution in [1.82, 2.24) is 19.5 Å². The smallest absolute Gasteiger partial charge is 0.238 e. The van der Waals surface area contributed by atoms with E-state index in [2.05, 4.69) is 120 Å². The maximum Gasteiger partial charge on any atom is 0.238 e. The van der Waals surface area contributed by atoms with Gasteiger partial charge in [0.15, 0.2) is 11.6 Å². The number of benzene rings is 8. The molecule has 0 aliphatic heterocycles. The van der Waals surface area contributed by atoms with E-state index in [-0.39, 0.29) is 0 Å². The van der Waals surface area contributed by atoms with Crippen LogP contribution in [-0.4, -0.2) is 19.5 Å². The number of furan rings is 2. The predicted octanol–water partition coefficient (Wildman–Crippen LogP) is 13.4. The minimum atomic E-state index is 0.538. The predicted molar refractivity (Wildman–Crippen MR) is 230 cm³/mol. The van der Waals surface area contributed by atoms with E-state index in [1.807, 2.05) is 66.7 Å².